The van der Waals surface area contributed by atoms with Crippen molar-refractivity contribution in [3.8, 4) is 0 Å². The van der Waals surface area contributed by atoms with Crippen molar-refractivity contribution in [1.82, 2.24) is 4.90 Å². The zero-order chi connectivity index (χ0) is 10.7. The number of likely N-dealkylation sites (tertiary alicyclic amines) is 1. The molecular weight excluding hydrogens is 188 g/mol. The van der Waals surface area contributed by atoms with Crippen molar-refractivity contribution in [3.63, 3.8) is 0 Å². The van der Waals surface area contributed by atoms with E-state index in [-0.39, 0.29) is 0 Å². The Labute approximate surface area is 92.0 Å². The molecule has 2 N–H and O–H groups in total. The topological polar surface area (TPSA) is 46.3 Å². The Bertz CT molecular complexity index is 224. The number of nitrogens with zero attached hydrogens (tertiary/aromatic N) is 1. The van der Waals surface area contributed by atoms with E-state index in [1.54, 1.807) is 0 Å². The molecule has 15 heavy (non-hydrogen) atoms. The van der Waals surface area contributed by atoms with E-state index < -0.39 is 0 Å². The number of Topliss-reactive ketones (excluding diaryl/α,β-unsaturated/α-hetero) is 1. The van der Waals surface area contributed by atoms with Crippen LogP contribution in [0.1, 0.15) is 38.5 Å². The fraction of sp³-hybridized carbons (Fsp3) is 0.917. The lowest BCUT2D eigenvalue weighted by Crippen LogP contribution is -2.34. The van der Waals surface area contributed by atoms with Gasteiger partial charge in [-0.1, -0.05) is 19.3 Å². The van der Waals surface area contributed by atoms with E-state index in [0.717, 1.165) is 32.4 Å². The summed E-state index contributed by atoms with van der Waals surface area (Å²) in [6, 6.07) is 0.296. The Morgan fingerprint density at radius 3 is 2.53 bits per heavy atom. The third-order valence-electron chi connectivity index (χ3n) is 3.75. The van der Waals surface area contributed by atoms with Gasteiger partial charge in [-0.25, -0.2) is 0 Å². The minimum atomic E-state index is 0.296. The second-order valence-electron chi connectivity index (χ2n) is 5.09. The van der Waals surface area contributed by atoms with Crippen LogP contribution in [0.2, 0.25) is 0 Å². The van der Waals surface area contributed by atoms with E-state index >= 15 is 0 Å². The fourth-order valence-electron chi connectivity index (χ4n) is 2.78. The van der Waals surface area contributed by atoms with Crippen molar-refractivity contribution >= 4 is 5.78 Å². The summed E-state index contributed by atoms with van der Waals surface area (Å²) in [5.41, 5.74) is 5.83. The van der Waals surface area contributed by atoms with Crippen LogP contribution in [-0.2, 0) is 4.79 Å². The van der Waals surface area contributed by atoms with Gasteiger partial charge < -0.3 is 5.73 Å². The van der Waals surface area contributed by atoms with Crippen molar-refractivity contribution in [2.75, 3.05) is 19.6 Å². The third kappa shape index (κ3) is 3.02. The second kappa shape index (κ2) is 5.08. The normalized spacial score (nSPS) is 29.5. The summed E-state index contributed by atoms with van der Waals surface area (Å²) in [4.78, 5) is 14.2. The zero-order valence-corrected chi connectivity index (χ0v) is 9.45. The highest BCUT2D eigenvalue weighted by atomic mass is 16.1. The zero-order valence-electron chi connectivity index (χ0n) is 9.45. The van der Waals surface area contributed by atoms with Crippen LogP contribution < -0.4 is 5.73 Å². The van der Waals surface area contributed by atoms with E-state index in [9.17, 15) is 4.79 Å². The molecule has 1 saturated carbocycles. The average molecular weight is 210 g/mol. The smallest absolute Gasteiger partial charge is 0.149 e. The molecule has 0 aromatic heterocycles. The Morgan fingerprint density at radius 2 is 1.93 bits per heavy atom. The lowest BCUT2D eigenvalue weighted by Gasteiger charge is -2.23. The first-order valence-electron chi connectivity index (χ1n) is 6.26. The van der Waals surface area contributed by atoms with Crippen LogP contribution in [0.5, 0.6) is 0 Å². The quantitative estimate of drug-likeness (QED) is 0.760. The molecule has 2 aliphatic rings. The standard InChI is InChI=1S/C12H22N2O/c13-11-6-7-14(8-11)9-12(15)10-4-2-1-3-5-10/h10-11H,1-9,13H2. The molecule has 1 unspecified atom stereocenters. The van der Waals surface area contributed by atoms with Gasteiger partial charge in [0.1, 0.15) is 5.78 Å². The Morgan fingerprint density at radius 1 is 1.20 bits per heavy atom. The van der Waals surface area contributed by atoms with E-state index in [1.165, 1.54) is 19.3 Å². The van der Waals surface area contributed by atoms with Crippen LogP contribution in [-0.4, -0.2) is 36.4 Å². The van der Waals surface area contributed by atoms with Crippen LogP contribution in [0.4, 0.5) is 0 Å². The Hall–Kier alpha value is -0.410. The summed E-state index contributed by atoms with van der Waals surface area (Å²) in [6.07, 6.45) is 7.11. The maximum Gasteiger partial charge on any atom is 0.149 e. The highest BCUT2D eigenvalue weighted by Crippen LogP contribution is 2.24. The molecule has 1 heterocycles. The van der Waals surface area contributed by atoms with Gasteiger partial charge in [0.15, 0.2) is 0 Å². The summed E-state index contributed by atoms with van der Waals surface area (Å²) >= 11 is 0. The van der Waals surface area contributed by atoms with E-state index in [0.29, 0.717) is 24.3 Å². The van der Waals surface area contributed by atoms with Gasteiger partial charge in [-0.05, 0) is 19.3 Å². The number of carbonyl (C=O) groups is 1. The Kier molecular flexibility index (Phi) is 3.76. The molecule has 0 bridgehead atoms. The molecule has 0 aromatic rings. The van der Waals surface area contributed by atoms with Gasteiger partial charge in [0.2, 0.25) is 0 Å². The largest absolute Gasteiger partial charge is 0.326 e. The predicted octanol–water partition coefficient (Wildman–Crippen LogP) is 1.17. The maximum atomic E-state index is 12.0. The van der Waals surface area contributed by atoms with Gasteiger partial charge in [0.25, 0.3) is 0 Å². The van der Waals surface area contributed by atoms with Gasteiger partial charge in [-0.2, -0.15) is 0 Å². The highest BCUT2D eigenvalue weighted by Gasteiger charge is 2.26. The predicted molar refractivity (Wildman–Crippen MR) is 60.6 cm³/mol. The number of hydrogen-bond acceptors (Lipinski definition) is 3. The summed E-state index contributed by atoms with van der Waals surface area (Å²) in [5, 5.41) is 0. The van der Waals surface area contributed by atoms with Gasteiger partial charge in [0.05, 0.1) is 6.54 Å². The summed E-state index contributed by atoms with van der Waals surface area (Å²) in [7, 11) is 0. The number of hydrogen-bond donors (Lipinski definition) is 1. The molecule has 1 aliphatic carbocycles. The number of nitrogens with two attached hydrogens (primary N) is 1. The SMILES string of the molecule is NC1CCN(CC(=O)C2CCCCC2)C1. The van der Waals surface area contributed by atoms with Gasteiger partial charge in [-0.3, -0.25) is 9.69 Å². The van der Waals surface area contributed by atoms with Crippen molar-refractivity contribution in [1.29, 1.82) is 0 Å². The first-order valence-corrected chi connectivity index (χ1v) is 6.26. The first kappa shape index (κ1) is 11.1. The van der Waals surface area contributed by atoms with Gasteiger partial charge >= 0.3 is 0 Å². The third-order valence-corrected chi connectivity index (χ3v) is 3.75. The molecule has 2 fully saturated rings. The first-order chi connectivity index (χ1) is 7.25. The number of ketones is 1. The second-order valence-corrected chi connectivity index (χ2v) is 5.09. The molecular formula is C12H22N2O. The van der Waals surface area contributed by atoms with Crippen LogP contribution in [0.15, 0.2) is 0 Å². The van der Waals surface area contributed by atoms with Gasteiger partial charge in [-0.15, -0.1) is 0 Å². The van der Waals surface area contributed by atoms with Crippen LogP contribution >= 0.6 is 0 Å². The van der Waals surface area contributed by atoms with Crippen molar-refractivity contribution in [2.45, 2.75) is 44.6 Å². The molecule has 3 nitrogen and oxygen atoms in total. The van der Waals surface area contributed by atoms with E-state index in [2.05, 4.69) is 4.90 Å². The van der Waals surface area contributed by atoms with Crippen molar-refractivity contribution in [2.24, 2.45) is 11.7 Å². The molecule has 1 aliphatic heterocycles. The van der Waals surface area contributed by atoms with Crippen LogP contribution in [0, 0.1) is 5.92 Å². The molecule has 0 aromatic carbocycles. The summed E-state index contributed by atoms with van der Waals surface area (Å²) in [6.45, 7) is 2.58. The highest BCUT2D eigenvalue weighted by molar-refractivity contribution is 5.83. The Balaban J connectivity index is 1.76. The number of rotatable bonds is 3. The van der Waals surface area contributed by atoms with Crippen molar-refractivity contribution in [3.05, 3.63) is 0 Å². The molecule has 0 spiro atoms. The van der Waals surface area contributed by atoms with Crippen molar-refractivity contribution < 1.29 is 4.79 Å². The lowest BCUT2D eigenvalue weighted by molar-refractivity contribution is -0.124. The fourth-order valence-corrected chi connectivity index (χ4v) is 2.78. The average Bonchev–Trinajstić information content (AvgIpc) is 2.65. The minimum absolute atomic E-state index is 0.296. The van der Waals surface area contributed by atoms with Crippen LogP contribution in [0.3, 0.4) is 0 Å². The minimum Gasteiger partial charge on any atom is -0.326 e. The molecule has 1 atom stereocenters. The number of carbonyl (C=O) groups excluding carboxylic acids is 1. The maximum absolute atomic E-state index is 12.0. The van der Waals surface area contributed by atoms with Gasteiger partial charge in [0, 0.05) is 25.0 Å². The summed E-state index contributed by atoms with van der Waals surface area (Å²) in [5.74, 6) is 0.819. The van der Waals surface area contributed by atoms with E-state index in [4.69, 9.17) is 5.73 Å². The lowest BCUT2D eigenvalue weighted by atomic mass is 9.86. The molecule has 3 heteroatoms. The molecule has 0 amide bonds. The van der Waals surface area contributed by atoms with Crippen LogP contribution in [0.25, 0.3) is 0 Å². The monoisotopic (exact) mass is 210 g/mol. The molecule has 1 saturated heterocycles. The molecule has 86 valence electrons. The van der Waals surface area contributed by atoms with E-state index in [1.807, 2.05) is 0 Å². The molecule has 2 rings (SSSR count). The molecule has 0 radical (unpaired) electrons. The summed E-state index contributed by atoms with van der Waals surface area (Å²) < 4.78 is 0.